The van der Waals surface area contributed by atoms with Crippen LogP contribution in [0.4, 0.5) is 0 Å². The summed E-state index contributed by atoms with van der Waals surface area (Å²) in [4.78, 5) is 0. The predicted molar refractivity (Wildman–Crippen MR) is 259 cm³/mol. The Hall–Kier alpha value is -7.80. The fourth-order valence-electron chi connectivity index (χ4n) is 12.0. The molecular weight excluding hydrogens is 733 g/mol. The van der Waals surface area contributed by atoms with Gasteiger partial charge in [0.2, 0.25) is 0 Å². The zero-order valence-corrected chi connectivity index (χ0v) is 33.3. The van der Waals surface area contributed by atoms with Crippen molar-refractivity contribution in [3.05, 3.63) is 241 Å². The lowest BCUT2D eigenvalue weighted by molar-refractivity contribution is 0.810. The Morgan fingerprint density at radius 3 is 1.07 bits per heavy atom. The molecule has 0 aromatic heterocycles. The van der Waals surface area contributed by atoms with Gasteiger partial charge in [0.05, 0.1) is 5.41 Å². The molecule has 0 atom stereocenters. The summed E-state index contributed by atoms with van der Waals surface area (Å²) < 4.78 is 0. The summed E-state index contributed by atoms with van der Waals surface area (Å²) in [5, 5.41) is 15.5. The van der Waals surface area contributed by atoms with Crippen molar-refractivity contribution in [1.29, 1.82) is 0 Å². The minimum absolute atomic E-state index is 0.540. The molecule has 12 aromatic carbocycles. The molecule has 0 bridgehead atoms. The molecule has 0 heteroatoms. The van der Waals surface area contributed by atoms with Gasteiger partial charge < -0.3 is 0 Å². The van der Waals surface area contributed by atoms with Crippen molar-refractivity contribution in [3.63, 3.8) is 0 Å². The van der Waals surface area contributed by atoms with Crippen molar-refractivity contribution in [1.82, 2.24) is 0 Å². The molecule has 280 valence electrons. The maximum atomic E-state index is 2.52. The summed E-state index contributed by atoms with van der Waals surface area (Å²) in [6, 6.07) is 82.3. The van der Waals surface area contributed by atoms with Gasteiger partial charge in [0, 0.05) is 0 Å². The van der Waals surface area contributed by atoms with Gasteiger partial charge in [-0.3, -0.25) is 0 Å². The SMILES string of the molecule is c1ccc(-c2c3ccccc3c(-c3ccc4c5c(c6ccccc6c4c3)-c3c(c4ccccc4c4ccccc34)C53c4ccccc4-c4ccccc43)c3ccccc23)cc1. The van der Waals surface area contributed by atoms with Crippen molar-refractivity contribution in [3.8, 4) is 44.5 Å². The molecule has 12 aromatic rings. The van der Waals surface area contributed by atoms with Crippen molar-refractivity contribution in [2.24, 2.45) is 0 Å². The number of hydrogen-bond acceptors (Lipinski definition) is 0. The molecule has 2 aliphatic rings. The standard InChI is InChI=1S/C61H36/c1-2-18-37(19-3-1)55-46-27-9-11-29-48(46)56(49-30-12-10-28-47(49)55)38-34-35-51-52(36-38)41-22-5-8-26-45(41)58-57-44-25-7-4-20-39(44)40-21-6-13-31-50(40)59(57)61(60(51)58)53-32-16-14-23-42(53)43-24-15-17-33-54(43)61/h1-36H. The maximum Gasteiger partial charge on any atom is 0.0738 e. The fraction of sp³-hybridized carbons (Fsp3) is 0.0164. The van der Waals surface area contributed by atoms with Crippen LogP contribution in [0, 0.1) is 0 Å². The first-order valence-electron chi connectivity index (χ1n) is 21.4. The van der Waals surface area contributed by atoms with Gasteiger partial charge in [-0.25, -0.2) is 0 Å². The van der Waals surface area contributed by atoms with Crippen molar-refractivity contribution in [2.45, 2.75) is 5.41 Å². The van der Waals surface area contributed by atoms with Gasteiger partial charge in [-0.2, -0.15) is 0 Å². The van der Waals surface area contributed by atoms with Crippen LogP contribution in [-0.2, 0) is 5.41 Å². The van der Waals surface area contributed by atoms with Gasteiger partial charge in [-0.1, -0.05) is 212 Å². The van der Waals surface area contributed by atoms with Crippen LogP contribution < -0.4 is 0 Å². The summed E-state index contributed by atoms with van der Waals surface area (Å²) in [5.41, 5.74) is 15.4. The zero-order valence-electron chi connectivity index (χ0n) is 33.3. The minimum Gasteiger partial charge on any atom is -0.0622 e. The highest BCUT2D eigenvalue weighted by molar-refractivity contribution is 6.28. The number of benzene rings is 12. The quantitative estimate of drug-likeness (QED) is 0.121. The molecule has 0 amide bonds. The largest absolute Gasteiger partial charge is 0.0738 e. The van der Waals surface area contributed by atoms with E-state index in [4.69, 9.17) is 0 Å². The molecule has 0 aliphatic heterocycles. The first-order valence-corrected chi connectivity index (χ1v) is 21.4. The molecule has 14 rings (SSSR count). The third kappa shape index (κ3) is 4.14. The highest BCUT2D eigenvalue weighted by Gasteiger charge is 2.54. The second-order valence-electron chi connectivity index (χ2n) is 16.9. The summed E-state index contributed by atoms with van der Waals surface area (Å²) in [6.07, 6.45) is 0. The highest BCUT2D eigenvalue weighted by Crippen LogP contribution is 2.68. The van der Waals surface area contributed by atoms with E-state index in [-0.39, 0.29) is 0 Å². The van der Waals surface area contributed by atoms with Gasteiger partial charge in [-0.15, -0.1) is 0 Å². The lowest BCUT2D eigenvalue weighted by Crippen LogP contribution is -2.26. The van der Waals surface area contributed by atoms with Crippen LogP contribution in [0.3, 0.4) is 0 Å². The van der Waals surface area contributed by atoms with Gasteiger partial charge in [0.1, 0.15) is 0 Å². The Morgan fingerprint density at radius 2 is 0.557 bits per heavy atom. The molecular formula is C61H36. The molecule has 0 fully saturated rings. The smallest absolute Gasteiger partial charge is 0.0622 e. The minimum atomic E-state index is -0.540. The lowest BCUT2D eigenvalue weighted by atomic mass is 9.67. The van der Waals surface area contributed by atoms with Crippen LogP contribution in [0.25, 0.3) is 109 Å². The normalized spacial score (nSPS) is 13.4. The zero-order chi connectivity index (χ0) is 39.8. The molecule has 0 saturated carbocycles. The van der Waals surface area contributed by atoms with Gasteiger partial charge in [-0.05, 0) is 137 Å². The third-order valence-electron chi connectivity index (χ3n) is 14.2. The molecule has 1 spiro atoms. The molecule has 0 radical (unpaired) electrons. The van der Waals surface area contributed by atoms with Crippen LogP contribution in [0.15, 0.2) is 218 Å². The first kappa shape index (κ1) is 33.1. The fourth-order valence-corrected chi connectivity index (χ4v) is 12.0. The monoisotopic (exact) mass is 768 g/mol. The van der Waals surface area contributed by atoms with E-state index >= 15 is 0 Å². The Bertz CT molecular complexity index is 3770. The van der Waals surface area contributed by atoms with E-state index in [9.17, 15) is 0 Å². The van der Waals surface area contributed by atoms with E-state index in [1.807, 2.05) is 0 Å². The Balaban J connectivity index is 1.18. The summed E-state index contributed by atoms with van der Waals surface area (Å²) >= 11 is 0. The number of hydrogen-bond donors (Lipinski definition) is 0. The van der Waals surface area contributed by atoms with E-state index in [0.717, 1.165) is 0 Å². The Kier molecular flexibility index (Phi) is 6.58. The van der Waals surface area contributed by atoms with Crippen LogP contribution in [-0.4, -0.2) is 0 Å². The second kappa shape index (κ2) is 12.1. The molecule has 0 unspecified atom stereocenters. The number of rotatable bonds is 2. The van der Waals surface area contributed by atoms with Crippen LogP contribution in [0.5, 0.6) is 0 Å². The molecule has 61 heavy (non-hydrogen) atoms. The van der Waals surface area contributed by atoms with Crippen molar-refractivity contribution < 1.29 is 0 Å². The van der Waals surface area contributed by atoms with Gasteiger partial charge in [0.25, 0.3) is 0 Å². The van der Waals surface area contributed by atoms with Crippen molar-refractivity contribution >= 4 is 64.6 Å². The molecule has 0 heterocycles. The number of fused-ring (bicyclic) bond motifs is 22. The molecule has 0 nitrogen and oxygen atoms in total. The average molecular weight is 769 g/mol. The van der Waals surface area contributed by atoms with E-state index in [1.165, 1.54) is 131 Å². The summed E-state index contributed by atoms with van der Waals surface area (Å²) in [7, 11) is 0. The van der Waals surface area contributed by atoms with E-state index in [1.54, 1.807) is 0 Å². The van der Waals surface area contributed by atoms with Crippen LogP contribution >= 0.6 is 0 Å². The first-order chi connectivity index (χ1) is 30.3. The Morgan fingerprint density at radius 1 is 0.213 bits per heavy atom. The summed E-state index contributed by atoms with van der Waals surface area (Å²) in [6.45, 7) is 0. The van der Waals surface area contributed by atoms with E-state index in [0.29, 0.717) is 0 Å². The molecule has 0 N–H and O–H groups in total. The second-order valence-corrected chi connectivity index (χ2v) is 16.9. The Labute approximate surface area is 353 Å². The van der Waals surface area contributed by atoms with Gasteiger partial charge >= 0.3 is 0 Å². The highest BCUT2D eigenvalue weighted by atomic mass is 14.5. The maximum absolute atomic E-state index is 2.52. The lowest BCUT2D eigenvalue weighted by Gasteiger charge is -2.33. The predicted octanol–water partition coefficient (Wildman–Crippen LogP) is 16.3. The van der Waals surface area contributed by atoms with Crippen LogP contribution in [0.1, 0.15) is 22.3 Å². The average Bonchev–Trinajstić information content (AvgIpc) is 3.82. The van der Waals surface area contributed by atoms with Crippen LogP contribution in [0.2, 0.25) is 0 Å². The van der Waals surface area contributed by atoms with Crippen molar-refractivity contribution in [2.75, 3.05) is 0 Å². The third-order valence-corrected chi connectivity index (χ3v) is 14.2. The van der Waals surface area contributed by atoms with E-state index in [2.05, 4.69) is 218 Å². The van der Waals surface area contributed by atoms with Gasteiger partial charge in [0.15, 0.2) is 0 Å². The van der Waals surface area contributed by atoms with E-state index < -0.39 is 5.41 Å². The topological polar surface area (TPSA) is 0 Å². The summed E-state index contributed by atoms with van der Waals surface area (Å²) in [5.74, 6) is 0. The molecule has 0 saturated heterocycles. The molecule has 2 aliphatic carbocycles.